The molecule has 92 valence electrons. The molecule has 0 spiro atoms. The van der Waals surface area contributed by atoms with E-state index in [9.17, 15) is 4.79 Å². The van der Waals surface area contributed by atoms with Gasteiger partial charge in [0.15, 0.2) is 0 Å². The molecule has 16 heavy (non-hydrogen) atoms. The molecule has 4 heteroatoms. The van der Waals surface area contributed by atoms with Gasteiger partial charge in [0.1, 0.15) is 5.60 Å². The van der Waals surface area contributed by atoms with Crippen LogP contribution in [0.3, 0.4) is 0 Å². The zero-order valence-electron chi connectivity index (χ0n) is 10.6. The normalized spacial score (nSPS) is 36.0. The zero-order valence-corrected chi connectivity index (χ0v) is 10.6. The predicted molar refractivity (Wildman–Crippen MR) is 60.3 cm³/mol. The Morgan fingerprint density at radius 1 is 1.31 bits per heavy atom. The maximum atomic E-state index is 11.6. The molecule has 0 atom stereocenters. The van der Waals surface area contributed by atoms with E-state index < -0.39 is 5.60 Å². The smallest absolute Gasteiger partial charge is 0.408 e. The van der Waals surface area contributed by atoms with E-state index in [1.54, 1.807) is 7.11 Å². The van der Waals surface area contributed by atoms with Crippen LogP contribution in [0.25, 0.3) is 0 Å². The maximum absolute atomic E-state index is 11.6. The number of hydrogen-bond acceptors (Lipinski definition) is 3. The third-order valence-electron chi connectivity index (χ3n) is 3.36. The highest BCUT2D eigenvalue weighted by Gasteiger charge is 2.68. The van der Waals surface area contributed by atoms with E-state index in [-0.39, 0.29) is 11.6 Å². The van der Waals surface area contributed by atoms with Crippen molar-refractivity contribution in [1.29, 1.82) is 0 Å². The average molecular weight is 227 g/mol. The number of carbonyl (C=O) groups is 1. The van der Waals surface area contributed by atoms with Gasteiger partial charge in [0.25, 0.3) is 0 Å². The molecule has 3 saturated carbocycles. The van der Waals surface area contributed by atoms with E-state index in [1.165, 1.54) is 0 Å². The summed E-state index contributed by atoms with van der Waals surface area (Å²) in [5, 5.41) is 2.98. The molecule has 0 aliphatic heterocycles. The predicted octanol–water partition coefficient (Wildman–Crippen LogP) is 2.08. The van der Waals surface area contributed by atoms with Gasteiger partial charge in [0, 0.05) is 18.1 Å². The molecule has 3 fully saturated rings. The Morgan fingerprint density at radius 2 is 1.88 bits per heavy atom. The number of rotatable bonds is 3. The Kier molecular flexibility index (Phi) is 2.46. The summed E-state index contributed by atoms with van der Waals surface area (Å²) in [7, 11) is 1.73. The molecular formula is C12H21NO3. The lowest BCUT2D eigenvalue weighted by atomic mass is 9.40. The summed E-state index contributed by atoms with van der Waals surface area (Å²) < 4.78 is 10.4. The molecule has 0 aromatic rings. The topological polar surface area (TPSA) is 47.6 Å². The van der Waals surface area contributed by atoms with Gasteiger partial charge in [0.2, 0.25) is 0 Å². The van der Waals surface area contributed by atoms with Crippen LogP contribution in [0.15, 0.2) is 0 Å². The Hall–Kier alpha value is -0.770. The number of amides is 1. The fourth-order valence-corrected chi connectivity index (χ4v) is 3.11. The number of carbonyl (C=O) groups excluding carboxylic acids is 1. The molecule has 1 N–H and O–H groups in total. The summed E-state index contributed by atoms with van der Waals surface area (Å²) in [6.07, 6.45) is 2.81. The van der Waals surface area contributed by atoms with Crippen LogP contribution in [0.4, 0.5) is 4.79 Å². The number of hydrogen-bond donors (Lipinski definition) is 1. The quantitative estimate of drug-likeness (QED) is 0.803. The second-order valence-electron chi connectivity index (χ2n) is 6.37. The van der Waals surface area contributed by atoms with E-state index in [0.717, 1.165) is 25.9 Å². The van der Waals surface area contributed by atoms with E-state index in [2.05, 4.69) is 5.32 Å². The van der Waals surface area contributed by atoms with Gasteiger partial charge in [-0.2, -0.15) is 0 Å². The number of nitrogens with one attached hydrogen (secondary N) is 1. The first kappa shape index (κ1) is 11.7. The van der Waals surface area contributed by atoms with Gasteiger partial charge < -0.3 is 14.8 Å². The van der Waals surface area contributed by atoms with Gasteiger partial charge in [0.05, 0.1) is 6.61 Å². The van der Waals surface area contributed by atoms with E-state index in [0.29, 0.717) is 5.41 Å². The molecule has 2 bridgehead atoms. The Morgan fingerprint density at radius 3 is 2.31 bits per heavy atom. The molecule has 0 aromatic carbocycles. The summed E-state index contributed by atoms with van der Waals surface area (Å²) in [6, 6.07) is 0. The largest absolute Gasteiger partial charge is 0.444 e. The minimum absolute atomic E-state index is 0.0147. The van der Waals surface area contributed by atoms with Crippen molar-refractivity contribution in [3.63, 3.8) is 0 Å². The van der Waals surface area contributed by atoms with Crippen molar-refractivity contribution in [1.82, 2.24) is 5.32 Å². The van der Waals surface area contributed by atoms with Crippen LogP contribution in [-0.4, -0.2) is 30.9 Å². The molecule has 1 amide bonds. The molecule has 0 aromatic heterocycles. The molecule has 3 rings (SSSR count). The van der Waals surface area contributed by atoms with Crippen molar-refractivity contribution >= 4 is 6.09 Å². The summed E-state index contributed by atoms with van der Waals surface area (Å²) in [5.74, 6) is 0. The van der Waals surface area contributed by atoms with Gasteiger partial charge in [-0.05, 0) is 40.0 Å². The van der Waals surface area contributed by atoms with Gasteiger partial charge in [-0.1, -0.05) is 0 Å². The highest BCUT2D eigenvalue weighted by molar-refractivity contribution is 5.69. The zero-order chi connectivity index (χ0) is 12.0. The van der Waals surface area contributed by atoms with Crippen LogP contribution in [0.5, 0.6) is 0 Å². The summed E-state index contributed by atoms with van der Waals surface area (Å²) >= 11 is 0. The van der Waals surface area contributed by atoms with Gasteiger partial charge >= 0.3 is 6.09 Å². The van der Waals surface area contributed by atoms with Gasteiger partial charge in [-0.25, -0.2) is 4.79 Å². The van der Waals surface area contributed by atoms with E-state index in [1.807, 2.05) is 20.8 Å². The van der Waals surface area contributed by atoms with Crippen LogP contribution in [0.2, 0.25) is 0 Å². The molecule has 0 unspecified atom stereocenters. The summed E-state index contributed by atoms with van der Waals surface area (Å²) in [4.78, 5) is 11.6. The first-order chi connectivity index (χ1) is 7.28. The van der Waals surface area contributed by atoms with Crippen LogP contribution in [-0.2, 0) is 9.47 Å². The lowest BCUT2D eigenvalue weighted by Crippen LogP contribution is -2.76. The number of methoxy groups -OCH3 is 1. The molecule has 4 nitrogen and oxygen atoms in total. The first-order valence-corrected chi connectivity index (χ1v) is 5.78. The summed E-state index contributed by atoms with van der Waals surface area (Å²) in [6.45, 7) is 6.44. The third-order valence-corrected chi connectivity index (χ3v) is 3.36. The molecular weight excluding hydrogens is 206 g/mol. The molecule has 0 heterocycles. The van der Waals surface area contributed by atoms with Crippen LogP contribution >= 0.6 is 0 Å². The number of alkyl carbamates (subject to hydrolysis) is 1. The summed E-state index contributed by atoms with van der Waals surface area (Å²) in [5.41, 5.74) is -0.0531. The molecule has 3 aliphatic rings. The van der Waals surface area contributed by atoms with Gasteiger partial charge in [-0.15, -0.1) is 0 Å². The van der Waals surface area contributed by atoms with Crippen molar-refractivity contribution in [2.45, 2.75) is 51.2 Å². The van der Waals surface area contributed by atoms with E-state index in [4.69, 9.17) is 9.47 Å². The Bertz CT molecular complexity index is 286. The van der Waals surface area contributed by atoms with Crippen molar-refractivity contribution in [2.24, 2.45) is 5.41 Å². The Labute approximate surface area is 96.7 Å². The van der Waals surface area contributed by atoms with Crippen molar-refractivity contribution in [3.05, 3.63) is 0 Å². The maximum Gasteiger partial charge on any atom is 0.408 e. The minimum atomic E-state index is -0.419. The minimum Gasteiger partial charge on any atom is -0.444 e. The van der Waals surface area contributed by atoms with E-state index >= 15 is 0 Å². The van der Waals surface area contributed by atoms with Gasteiger partial charge in [-0.3, -0.25) is 0 Å². The van der Waals surface area contributed by atoms with Crippen molar-refractivity contribution in [2.75, 3.05) is 13.7 Å². The molecule has 0 saturated heterocycles. The molecule has 0 radical (unpaired) electrons. The second kappa shape index (κ2) is 3.36. The van der Waals surface area contributed by atoms with Crippen LogP contribution < -0.4 is 5.32 Å². The highest BCUT2D eigenvalue weighted by Crippen LogP contribution is 2.67. The first-order valence-electron chi connectivity index (χ1n) is 5.78. The van der Waals surface area contributed by atoms with Crippen LogP contribution in [0.1, 0.15) is 40.0 Å². The lowest BCUT2D eigenvalue weighted by molar-refractivity contribution is -0.181. The SMILES string of the molecule is COCC12CC(NC(=O)OC(C)(C)C)(C1)C2. The third kappa shape index (κ3) is 2.03. The number of ether oxygens (including phenoxy) is 2. The van der Waals surface area contributed by atoms with Crippen molar-refractivity contribution in [3.8, 4) is 0 Å². The van der Waals surface area contributed by atoms with Crippen LogP contribution in [0, 0.1) is 5.41 Å². The standard InChI is InChI=1S/C12H21NO3/c1-10(2,3)16-9(14)13-12-5-11(6-12,7-12)8-15-4/h5-8H2,1-4H3,(H,13,14). The van der Waals surface area contributed by atoms with Crippen molar-refractivity contribution < 1.29 is 14.3 Å². The monoisotopic (exact) mass is 227 g/mol. The Balaban J connectivity index is 1.76. The lowest BCUT2D eigenvalue weighted by Gasteiger charge is -2.70. The fourth-order valence-electron chi connectivity index (χ4n) is 3.11. The average Bonchev–Trinajstić information content (AvgIpc) is 1.94. The molecule has 3 aliphatic carbocycles. The second-order valence-corrected chi connectivity index (χ2v) is 6.37. The fraction of sp³-hybridized carbons (Fsp3) is 0.917. The highest BCUT2D eigenvalue weighted by atomic mass is 16.6.